The van der Waals surface area contributed by atoms with Crippen LogP contribution in [0.25, 0.3) is 0 Å². The van der Waals surface area contributed by atoms with E-state index in [1.54, 1.807) is 7.05 Å². The van der Waals surface area contributed by atoms with Crippen molar-refractivity contribution in [1.82, 2.24) is 14.7 Å². The third kappa shape index (κ3) is 2.87. The van der Waals surface area contributed by atoms with E-state index in [0.717, 1.165) is 52.0 Å². The molecule has 3 rings (SSSR count). The Morgan fingerprint density at radius 1 is 1.17 bits per heavy atom. The van der Waals surface area contributed by atoms with E-state index in [2.05, 4.69) is 18.7 Å². The maximum Gasteiger partial charge on any atom is 0.327 e. The number of amides is 3. The number of likely N-dealkylation sites (N-methyl/N-ethyl adjacent to an activating group) is 1. The second kappa shape index (κ2) is 6.40. The second-order valence-electron chi connectivity index (χ2n) is 7.56. The van der Waals surface area contributed by atoms with Crippen molar-refractivity contribution < 1.29 is 14.3 Å². The lowest BCUT2D eigenvalue weighted by atomic mass is 9.84. The smallest absolute Gasteiger partial charge is 0.327 e. The van der Waals surface area contributed by atoms with E-state index in [0.29, 0.717) is 18.5 Å². The summed E-state index contributed by atoms with van der Waals surface area (Å²) in [4.78, 5) is 31.0. The summed E-state index contributed by atoms with van der Waals surface area (Å²) >= 11 is 0. The van der Waals surface area contributed by atoms with Crippen LogP contribution < -0.4 is 0 Å². The number of rotatable bonds is 3. The van der Waals surface area contributed by atoms with Crippen LogP contribution in [0.15, 0.2) is 0 Å². The topological polar surface area (TPSA) is 53.1 Å². The second-order valence-corrected chi connectivity index (χ2v) is 7.56. The van der Waals surface area contributed by atoms with Crippen molar-refractivity contribution in [2.24, 2.45) is 5.92 Å². The summed E-state index contributed by atoms with van der Waals surface area (Å²) in [5.74, 6) is 0.360. The van der Waals surface area contributed by atoms with Crippen LogP contribution in [0.4, 0.5) is 4.79 Å². The van der Waals surface area contributed by atoms with E-state index in [1.165, 1.54) is 4.90 Å². The molecule has 6 heteroatoms. The number of hydrogen-bond acceptors (Lipinski definition) is 4. The highest BCUT2D eigenvalue weighted by atomic mass is 16.5. The number of nitrogens with zero attached hydrogens (tertiary/aromatic N) is 3. The maximum atomic E-state index is 12.8. The van der Waals surface area contributed by atoms with Crippen LogP contribution in [-0.4, -0.2) is 78.1 Å². The predicted molar refractivity (Wildman–Crippen MR) is 87.1 cm³/mol. The van der Waals surface area contributed by atoms with Gasteiger partial charge in [0, 0.05) is 45.9 Å². The van der Waals surface area contributed by atoms with E-state index in [-0.39, 0.29) is 11.9 Å². The van der Waals surface area contributed by atoms with Crippen molar-refractivity contribution >= 4 is 11.9 Å². The Kier molecular flexibility index (Phi) is 4.65. The molecule has 0 saturated carbocycles. The number of hydrogen-bond donors (Lipinski definition) is 0. The van der Waals surface area contributed by atoms with Crippen molar-refractivity contribution in [2.75, 3.05) is 39.9 Å². The molecule has 0 N–H and O–H groups in total. The molecule has 0 aromatic carbocycles. The van der Waals surface area contributed by atoms with E-state index >= 15 is 0 Å². The van der Waals surface area contributed by atoms with Gasteiger partial charge in [0.1, 0.15) is 5.54 Å². The molecule has 0 bridgehead atoms. The van der Waals surface area contributed by atoms with Crippen LogP contribution >= 0.6 is 0 Å². The van der Waals surface area contributed by atoms with Gasteiger partial charge in [-0.15, -0.1) is 0 Å². The standard InChI is InChI=1S/C17H29N3O3/c1-13(2)12-20-16(22)18(3)15(21)17(20)6-8-19(9-7-17)14-4-10-23-11-5-14/h13-14H,4-12H2,1-3H3. The molecule has 3 fully saturated rings. The highest BCUT2D eigenvalue weighted by Gasteiger charge is 2.57. The van der Waals surface area contributed by atoms with Crippen LogP contribution in [0, 0.1) is 5.92 Å². The third-order valence-corrected chi connectivity index (χ3v) is 5.62. The first-order valence-electron chi connectivity index (χ1n) is 8.87. The average Bonchev–Trinajstić information content (AvgIpc) is 2.72. The normalized spacial score (nSPS) is 26.8. The summed E-state index contributed by atoms with van der Waals surface area (Å²) < 4.78 is 5.45. The first-order valence-corrected chi connectivity index (χ1v) is 8.87. The minimum atomic E-state index is -0.599. The molecule has 0 unspecified atom stereocenters. The predicted octanol–water partition coefficient (Wildman–Crippen LogP) is 1.55. The Labute approximate surface area is 138 Å². The SMILES string of the molecule is CC(C)CN1C(=O)N(C)C(=O)C12CCN(C1CCOCC1)CC2. The molecule has 3 heterocycles. The Balaban J connectivity index is 1.73. The van der Waals surface area contributed by atoms with Crippen molar-refractivity contribution in [3.05, 3.63) is 0 Å². The number of ether oxygens (including phenoxy) is 1. The van der Waals surface area contributed by atoms with Crippen molar-refractivity contribution in [2.45, 2.75) is 51.1 Å². The molecular formula is C17H29N3O3. The van der Waals surface area contributed by atoms with E-state index < -0.39 is 5.54 Å². The average molecular weight is 323 g/mol. The van der Waals surface area contributed by atoms with Gasteiger partial charge in [-0.1, -0.05) is 13.8 Å². The molecule has 0 aliphatic carbocycles. The van der Waals surface area contributed by atoms with Crippen molar-refractivity contribution in [3.8, 4) is 0 Å². The fraction of sp³-hybridized carbons (Fsp3) is 0.882. The zero-order valence-electron chi connectivity index (χ0n) is 14.6. The van der Waals surface area contributed by atoms with Gasteiger partial charge in [0.15, 0.2) is 0 Å². The zero-order valence-corrected chi connectivity index (χ0v) is 14.6. The van der Waals surface area contributed by atoms with Gasteiger partial charge < -0.3 is 14.5 Å². The van der Waals surface area contributed by atoms with Gasteiger partial charge in [-0.3, -0.25) is 9.69 Å². The number of carbonyl (C=O) groups is 2. The molecule has 3 saturated heterocycles. The molecular weight excluding hydrogens is 294 g/mol. The lowest BCUT2D eigenvalue weighted by Gasteiger charge is -2.45. The molecule has 3 aliphatic rings. The Bertz CT molecular complexity index is 466. The van der Waals surface area contributed by atoms with Crippen molar-refractivity contribution in [1.29, 1.82) is 0 Å². The molecule has 6 nitrogen and oxygen atoms in total. The van der Waals surface area contributed by atoms with Gasteiger partial charge in [-0.2, -0.15) is 0 Å². The van der Waals surface area contributed by atoms with Gasteiger partial charge in [0.05, 0.1) is 0 Å². The van der Waals surface area contributed by atoms with E-state index in [1.807, 2.05) is 4.90 Å². The Morgan fingerprint density at radius 2 is 1.78 bits per heavy atom. The van der Waals surface area contributed by atoms with Gasteiger partial charge in [-0.05, 0) is 31.6 Å². The summed E-state index contributed by atoms with van der Waals surface area (Å²) in [5.41, 5.74) is -0.599. The summed E-state index contributed by atoms with van der Waals surface area (Å²) in [6, 6.07) is 0.452. The van der Waals surface area contributed by atoms with E-state index in [9.17, 15) is 9.59 Å². The molecule has 3 amide bonds. The third-order valence-electron chi connectivity index (χ3n) is 5.62. The summed E-state index contributed by atoms with van der Waals surface area (Å²) in [6.07, 6.45) is 3.67. The molecule has 0 radical (unpaired) electrons. The molecule has 130 valence electrons. The largest absolute Gasteiger partial charge is 0.381 e. The molecule has 0 atom stereocenters. The number of piperidine rings is 1. The number of likely N-dealkylation sites (tertiary alicyclic amines) is 1. The molecule has 1 spiro atoms. The molecule has 0 aromatic rings. The van der Waals surface area contributed by atoms with Crippen LogP contribution in [-0.2, 0) is 9.53 Å². The first-order chi connectivity index (χ1) is 11.0. The highest BCUT2D eigenvalue weighted by molar-refractivity contribution is 6.06. The van der Waals surface area contributed by atoms with Gasteiger partial charge >= 0.3 is 6.03 Å². The fourth-order valence-corrected chi connectivity index (χ4v) is 4.29. The van der Waals surface area contributed by atoms with Crippen LogP contribution in [0.5, 0.6) is 0 Å². The minimum absolute atomic E-state index is 0.00484. The molecule has 3 aliphatic heterocycles. The van der Waals surface area contributed by atoms with Gasteiger partial charge in [-0.25, -0.2) is 4.79 Å². The van der Waals surface area contributed by atoms with Crippen LogP contribution in [0.1, 0.15) is 39.5 Å². The van der Waals surface area contributed by atoms with Gasteiger partial charge in [0.25, 0.3) is 5.91 Å². The lowest BCUT2D eigenvalue weighted by Crippen LogP contribution is -2.58. The summed E-state index contributed by atoms with van der Waals surface area (Å²) in [7, 11) is 1.62. The van der Waals surface area contributed by atoms with Crippen LogP contribution in [0.2, 0.25) is 0 Å². The monoisotopic (exact) mass is 323 g/mol. The lowest BCUT2D eigenvalue weighted by molar-refractivity contribution is -0.135. The number of urea groups is 1. The van der Waals surface area contributed by atoms with Crippen molar-refractivity contribution in [3.63, 3.8) is 0 Å². The van der Waals surface area contributed by atoms with E-state index in [4.69, 9.17) is 4.74 Å². The Hall–Kier alpha value is -1.14. The first kappa shape index (κ1) is 16.7. The number of carbonyl (C=O) groups excluding carboxylic acids is 2. The fourth-order valence-electron chi connectivity index (χ4n) is 4.29. The highest BCUT2D eigenvalue weighted by Crippen LogP contribution is 2.38. The molecule has 0 aromatic heterocycles. The quantitative estimate of drug-likeness (QED) is 0.740. The van der Waals surface area contributed by atoms with Gasteiger partial charge in [0.2, 0.25) is 0 Å². The number of imide groups is 1. The zero-order chi connectivity index (χ0) is 16.6. The maximum absolute atomic E-state index is 12.8. The summed E-state index contributed by atoms with van der Waals surface area (Å²) in [6.45, 7) is 8.32. The summed E-state index contributed by atoms with van der Waals surface area (Å²) in [5, 5.41) is 0. The Morgan fingerprint density at radius 3 is 2.35 bits per heavy atom. The molecule has 23 heavy (non-hydrogen) atoms. The van der Waals surface area contributed by atoms with Crippen LogP contribution in [0.3, 0.4) is 0 Å². The minimum Gasteiger partial charge on any atom is -0.381 e.